The number of hydrogen-bond donors (Lipinski definition) is 1. The lowest BCUT2D eigenvalue weighted by atomic mass is 9.33. The Morgan fingerprint density at radius 2 is 1.27 bits per heavy atom. The van der Waals surface area contributed by atoms with Crippen molar-refractivity contribution < 1.29 is 14.6 Å². The van der Waals surface area contributed by atoms with Crippen molar-refractivity contribution in [2.75, 3.05) is 6.61 Å². The summed E-state index contributed by atoms with van der Waals surface area (Å²) in [6, 6.07) is 0. The van der Waals surface area contributed by atoms with Crippen LogP contribution in [-0.2, 0) is 9.53 Å². The molecule has 0 spiro atoms. The summed E-state index contributed by atoms with van der Waals surface area (Å²) in [4.78, 5) is 13.2. The van der Waals surface area contributed by atoms with Crippen LogP contribution in [0.4, 0.5) is 0 Å². The summed E-state index contributed by atoms with van der Waals surface area (Å²) in [5.74, 6) is 1.82. The van der Waals surface area contributed by atoms with Crippen molar-refractivity contribution in [3.63, 3.8) is 0 Å². The van der Waals surface area contributed by atoms with Crippen LogP contribution in [0.5, 0.6) is 0 Å². The van der Waals surface area contributed by atoms with Gasteiger partial charge in [0.1, 0.15) is 6.10 Å². The molecule has 3 nitrogen and oxygen atoms in total. The number of aliphatic hydroxyl groups excluding tert-OH is 1. The van der Waals surface area contributed by atoms with Gasteiger partial charge in [0.15, 0.2) is 0 Å². The van der Waals surface area contributed by atoms with E-state index in [9.17, 15) is 9.90 Å². The average molecular weight is 709 g/mol. The van der Waals surface area contributed by atoms with E-state index in [2.05, 4.69) is 61.5 Å². The van der Waals surface area contributed by atoms with Gasteiger partial charge in [0.25, 0.3) is 0 Å². The number of fused-ring (bicyclic) bond motifs is 7. The zero-order valence-electron chi connectivity index (χ0n) is 35.2. The first-order chi connectivity index (χ1) is 24.2. The first-order valence-corrected chi connectivity index (χ1v) is 22.7. The molecule has 1 N–H and O–H groups in total. The van der Waals surface area contributed by atoms with Crippen LogP contribution in [0.2, 0.25) is 0 Å². The third-order valence-corrected chi connectivity index (χ3v) is 17.3. The fourth-order valence-electron chi connectivity index (χ4n) is 13.7. The number of ether oxygens (including phenoxy) is 1. The molecule has 4 saturated carbocycles. The smallest absolute Gasteiger partial charge is 0.306 e. The van der Waals surface area contributed by atoms with Gasteiger partial charge in [-0.3, -0.25) is 4.79 Å². The Bertz CT molecular complexity index is 1170. The Kier molecular flexibility index (Phi) is 13.7. The lowest BCUT2D eigenvalue weighted by Crippen LogP contribution is -2.65. The molecule has 0 radical (unpaired) electrons. The van der Waals surface area contributed by atoms with E-state index in [0.29, 0.717) is 36.2 Å². The third kappa shape index (κ3) is 8.39. The predicted molar refractivity (Wildman–Crippen MR) is 216 cm³/mol. The molecule has 0 aromatic heterocycles. The minimum atomic E-state index is -0.00403. The number of esters is 1. The normalized spacial score (nSPS) is 38.1. The lowest BCUT2D eigenvalue weighted by molar-refractivity contribution is -0.213. The quantitative estimate of drug-likeness (QED) is 0.0876. The van der Waals surface area contributed by atoms with Gasteiger partial charge in [-0.2, -0.15) is 0 Å². The van der Waals surface area contributed by atoms with Gasteiger partial charge in [0.2, 0.25) is 0 Å². The maximum Gasteiger partial charge on any atom is 0.306 e. The Morgan fingerprint density at radius 3 is 1.86 bits per heavy atom. The molecule has 294 valence electrons. The lowest BCUT2D eigenvalue weighted by Gasteiger charge is -2.71. The van der Waals surface area contributed by atoms with E-state index in [4.69, 9.17) is 4.74 Å². The molecule has 0 aliphatic heterocycles. The Balaban J connectivity index is 1.08. The van der Waals surface area contributed by atoms with Crippen molar-refractivity contribution in [2.24, 2.45) is 50.2 Å². The molecular formula is C48H84O3. The molecule has 0 aromatic carbocycles. The van der Waals surface area contributed by atoms with Gasteiger partial charge in [0.05, 0.1) is 0 Å². The van der Waals surface area contributed by atoms with Gasteiger partial charge >= 0.3 is 5.97 Å². The van der Waals surface area contributed by atoms with Crippen molar-refractivity contribution in [2.45, 2.75) is 228 Å². The minimum Gasteiger partial charge on any atom is -0.462 e. The van der Waals surface area contributed by atoms with Gasteiger partial charge in [0, 0.05) is 23.9 Å². The second-order valence-corrected chi connectivity index (χ2v) is 21.3. The average Bonchev–Trinajstić information content (AvgIpc) is 3.08. The van der Waals surface area contributed by atoms with Crippen LogP contribution < -0.4 is 0 Å². The third-order valence-electron chi connectivity index (χ3n) is 17.3. The number of carbonyl (C=O) groups excluding carboxylic acids is 1. The number of rotatable bonds is 18. The van der Waals surface area contributed by atoms with Gasteiger partial charge in [-0.1, -0.05) is 157 Å². The molecular weight excluding hydrogens is 625 g/mol. The number of hydrogen-bond acceptors (Lipinski definition) is 3. The zero-order valence-corrected chi connectivity index (χ0v) is 35.2. The van der Waals surface area contributed by atoms with Crippen molar-refractivity contribution >= 4 is 5.97 Å². The van der Waals surface area contributed by atoms with E-state index in [1.807, 2.05) is 0 Å². The number of carbonyl (C=O) groups is 1. The Hall–Kier alpha value is -0.830. The predicted octanol–water partition coefficient (Wildman–Crippen LogP) is 14.0. The SMILES string of the molecule is CCCCCCCCCCCCCCCCCC(=O)O[C@H]1CC[C@]2(C)[C@H]3CC=C4[C@@H]5CC(C)(C)CC[C@]5(CO)CC[C@@]4(C)[C@]3(C)CC[C@H]2C1(C)C. The van der Waals surface area contributed by atoms with Crippen LogP contribution in [0.15, 0.2) is 11.6 Å². The summed E-state index contributed by atoms with van der Waals surface area (Å²) in [5, 5.41) is 10.8. The summed E-state index contributed by atoms with van der Waals surface area (Å²) in [6.45, 7) is 20.4. The van der Waals surface area contributed by atoms with Gasteiger partial charge in [-0.15, -0.1) is 0 Å². The van der Waals surface area contributed by atoms with Crippen LogP contribution in [0.1, 0.15) is 222 Å². The molecule has 51 heavy (non-hydrogen) atoms. The number of allylic oxidation sites excluding steroid dienone is 2. The maximum absolute atomic E-state index is 13.2. The second-order valence-electron chi connectivity index (χ2n) is 21.3. The molecule has 5 rings (SSSR count). The minimum absolute atomic E-state index is 0.00403. The van der Waals surface area contributed by atoms with Gasteiger partial charge < -0.3 is 9.84 Å². The monoisotopic (exact) mass is 709 g/mol. The molecule has 5 aliphatic rings. The number of aliphatic hydroxyl groups is 1. The van der Waals surface area contributed by atoms with E-state index in [0.717, 1.165) is 19.3 Å². The molecule has 0 saturated heterocycles. The fourth-order valence-corrected chi connectivity index (χ4v) is 13.7. The van der Waals surface area contributed by atoms with Crippen LogP contribution in [0.25, 0.3) is 0 Å². The van der Waals surface area contributed by atoms with Crippen LogP contribution in [0.3, 0.4) is 0 Å². The first kappa shape index (κ1) is 41.3. The van der Waals surface area contributed by atoms with E-state index < -0.39 is 0 Å². The van der Waals surface area contributed by atoms with Gasteiger partial charge in [-0.25, -0.2) is 0 Å². The first-order valence-electron chi connectivity index (χ1n) is 22.7. The molecule has 0 bridgehead atoms. The van der Waals surface area contributed by atoms with Crippen molar-refractivity contribution in [1.82, 2.24) is 0 Å². The molecule has 0 amide bonds. The van der Waals surface area contributed by atoms with Crippen LogP contribution in [-0.4, -0.2) is 23.8 Å². The molecule has 0 unspecified atom stereocenters. The van der Waals surface area contributed by atoms with Crippen LogP contribution >= 0.6 is 0 Å². The van der Waals surface area contributed by atoms with E-state index in [1.165, 1.54) is 141 Å². The Labute approximate surface area is 316 Å². The molecule has 5 aliphatic carbocycles. The van der Waals surface area contributed by atoms with E-state index in [-0.39, 0.29) is 39.1 Å². The molecule has 4 fully saturated rings. The summed E-state index contributed by atoms with van der Waals surface area (Å²) in [7, 11) is 0. The number of unbranched alkanes of at least 4 members (excludes halogenated alkanes) is 14. The highest BCUT2D eigenvalue weighted by atomic mass is 16.5. The van der Waals surface area contributed by atoms with E-state index >= 15 is 0 Å². The highest BCUT2D eigenvalue weighted by molar-refractivity contribution is 5.69. The van der Waals surface area contributed by atoms with Crippen molar-refractivity contribution in [3.05, 3.63) is 11.6 Å². The van der Waals surface area contributed by atoms with E-state index in [1.54, 1.807) is 5.57 Å². The summed E-state index contributed by atoms with van der Waals surface area (Å²) < 4.78 is 6.41. The van der Waals surface area contributed by atoms with Crippen LogP contribution in [0, 0.1) is 50.2 Å². The highest BCUT2D eigenvalue weighted by Gasteiger charge is 2.68. The molecule has 3 heteroatoms. The summed E-state index contributed by atoms with van der Waals surface area (Å²) >= 11 is 0. The van der Waals surface area contributed by atoms with Crippen molar-refractivity contribution in [3.8, 4) is 0 Å². The maximum atomic E-state index is 13.2. The molecule has 0 heterocycles. The Morgan fingerprint density at radius 1 is 0.706 bits per heavy atom. The summed E-state index contributed by atoms with van der Waals surface area (Å²) in [5.41, 5.74) is 2.93. The fraction of sp³-hybridized carbons (Fsp3) is 0.938. The van der Waals surface area contributed by atoms with Crippen molar-refractivity contribution in [1.29, 1.82) is 0 Å². The summed E-state index contributed by atoms with van der Waals surface area (Å²) in [6.07, 6.45) is 35.5. The topological polar surface area (TPSA) is 46.5 Å². The molecule has 0 aromatic rings. The molecule has 8 atom stereocenters. The zero-order chi connectivity index (χ0) is 37.0. The van der Waals surface area contributed by atoms with Gasteiger partial charge in [-0.05, 0) is 110 Å². The standard InChI is InChI=1S/C48H84O3/c1-9-10-11-12-13-14-15-16-17-18-19-20-21-22-23-24-42(50)51-41-28-29-45(6)39(44(41,4)5)27-30-47(8)40(45)26-25-37-38-35-43(2,3)31-33-48(38,36-49)34-32-46(37,47)7/h25,38-41,49H,9-24,26-36H2,1-8H3/t38-,39-,40+,41-,45-,46+,47+,48+/m0/s1. The largest absolute Gasteiger partial charge is 0.462 e. The highest BCUT2D eigenvalue weighted by Crippen LogP contribution is 2.75. The second kappa shape index (κ2) is 16.9.